The van der Waals surface area contributed by atoms with Gasteiger partial charge >= 0.3 is 5.97 Å². The van der Waals surface area contributed by atoms with Gasteiger partial charge in [-0.3, -0.25) is 0 Å². The maximum atomic E-state index is 12.0. The number of nitrogens with one attached hydrogen (secondary N) is 1. The molecule has 3 aromatic rings. The van der Waals surface area contributed by atoms with Crippen LogP contribution < -0.4 is 4.74 Å². The standard InChI is InChI=1S/C18H13N3O5S/c1-27(24,25)15-10-9-14(26-17-16(18(22)23)19-21-20-17)11-13(15)8-7-12-5-3-2-4-6-12/h2-6,9-11H,1H3,(H,22,23)(H,19,20,21). The summed E-state index contributed by atoms with van der Waals surface area (Å²) < 4.78 is 29.5. The van der Waals surface area contributed by atoms with E-state index < -0.39 is 15.8 Å². The molecule has 0 unspecified atom stereocenters. The average molecular weight is 383 g/mol. The van der Waals surface area contributed by atoms with Crippen LogP contribution in [-0.4, -0.2) is 41.2 Å². The van der Waals surface area contributed by atoms with Crippen molar-refractivity contribution < 1.29 is 23.1 Å². The van der Waals surface area contributed by atoms with E-state index in [-0.39, 0.29) is 27.8 Å². The van der Waals surface area contributed by atoms with Gasteiger partial charge in [-0.2, -0.15) is 0 Å². The number of aromatic nitrogens is 3. The number of carboxylic acids is 1. The van der Waals surface area contributed by atoms with E-state index in [4.69, 9.17) is 9.84 Å². The first-order valence-electron chi connectivity index (χ1n) is 7.58. The maximum absolute atomic E-state index is 12.0. The molecular formula is C18H13N3O5S. The van der Waals surface area contributed by atoms with Gasteiger partial charge in [-0.15, -0.1) is 0 Å². The number of H-pyrrole nitrogens is 1. The molecule has 0 saturated heterocycles. The second kappa shape index (κ2) is 7.31. The number of hydrogen-bond donors (Lipinski definition) is 2. The van der Waals surface area contributed by atoms with Crippen LogP contribution in [0.1, 0.15) is 21.6 Å². The second-order valence-corrected chi connectivity index (χ2v) is 7.43. The van der Waals surface area contributed by atoms with Gasteiger partial charge in [-0.25, -0.2) is 18.3 Å². The number of benzene rings is 2. The summed E-state index contributed by atoms with van der Waals surface area (Å²) in [5.74, 6) is 4.37. The highest BCUT2D eigenvalue weighted by molar-refractivity contribution is 7.90. The number of ether oxygens (including phenoxy) is 1. The molecule has 0 amide bonds. The Kier molecular flexibility index (Phi) is 4.92. The van der Waals surface area contributed by atoms with Crippen LogP contribution in [0.5, 0.6) is 11.6 Å². The third-order valence-corrected chi connectivity index (χ3v) is 4.57. The smallest absolute Gasteiger partial charge is 0.359 e. The van der Waals surface area contributed by atoms with Crippen LogP contribution in [0.25, 0.3) is 0 Å². The molecule has 2 N–H and O–H groups in total. The minimum Gasteiger partial charge on any atom is -0.476 e. The first-order chi connectivity index (χ1) is 12.8. The number of rotatable bonds is 4. The highest BCUT2D eigenvalue weighted by Crippen LogP contribution is 2.26. The fourth-order valence-corrected chi connectivity index (χ4v) is 3.02. The molecule has 0 saturated carbocycles. The highest BCUT2D eigenvalue weighted by atomic mass is 32.2. The Morgan fingerprint density at radius 3 is 2.56 bits per heavy atom. The zero-order chi connectivity index (χ0) is 19.4. The monoisotopic (exact) mass is 383 g/mol. The maximum Gasteiger partial charge on any atom is 0.359 e. The third-order valence-electron chi connectivity index (χ3n) is 3.41. The predicted molar refractivity (Wildman–Crippen MR) is 95.4 cm³/mol. The normalized spacial score (nSPS) is 10.7. The van der Waals surface area contributed by atoms with Crippen molar-refractivity contribution in [2.45, 2.75) is 4.90 Å². The van der Waals surface area contributed by atoms with Crippen molar-refractivity contribution in [1.29, 1.82) is 0 Å². The number of hydrogen-bond acceptors (Lipinski definition) is 6. The first-order valence-corrected chi connectivity index (χ1v) is 9.47. The van der Waals surface area contributed by atoms with Gasteiger partial charge in [0, 0.05) is 17.4 Å². The fourth-order valence-electron chi connectivity index (χ4n) is 2.20. The second-order valence-electron chi connectivity index (χ2n) is 5.45. The molecule has 0 atom stereocenters. The number of aromatic carboxylic acids is 1. The van der Waals surface area contributed by atoms with Crippen molar-refractivity contribution in [1.82, 2.24) is 15.4 Å². The minimum atomic E-state index is -3.52. The van der Waals surface area contributed by atoms with Crippen LogP contribution in [0, 0.1) is 11.8 Å². The Morgan fingerprint density at radius 2 is 1.89 bits per heavy atom. The predicted octanol–water partition coefficient (Wildman–Crippen LogP) is 2.10. The highest BCUT2D eigenvalue weighted by Gasteiger charge is 2.18. The number of carbonyl (C=O) groups is 1. The fraction of sp³-hybridized carbons (Fsp3) is 0.0556. The van der Waals surface area contributed by atoms with Gasteiger partial charge < -0.3 is 9.84 Å². The molecule has 3 rings (SSSR count). The van der Waals surface area contributed by atoms with Crippen LogP contribution in [0.2, 0.25) is 0 Å². The van der Waals surface area contributed by atoms with Crippen LogP contribution >= 0.6 is 0 Å². The summed E-state index contributed by atoms with van der Waals surface area (Å²) >= 11 is 0. The van der Waals surface area contributed by atoms with E-state index in [1.807, 2.05) is 18.2 Å². The molecule has 9 heteroatoms. The Hall–Kier alpha value is -3.64. The molecule has 0 aliphatic rings. The van der Waals surface area contributed by atoms with Crippen molar-refractivity contribution in [2.75, 3.05) is 6.26 Å². The zero-order valence-corrected chi connectivity index (χ0v) is 14.8. The Labute approximate surface area is 154 Å². The van der Waals surface area contributed by atoms with E-state index in [1.54, 1.807) is 12.1 Å². The lowest BCUT2D eigenvalue weighted by Gasteiger charge is -2.07. The summed E-state index contributed by atoms with van der Waals surface area (Å²) in [5, 5.41) is 18.2. The topological polar surface area (TPSA) is 122 Å². The average Bonchev–Trinajstić information content (AvgIpc) is 3.08. The zero-order valence-electron chi connectivity index (χ0n) is 14.0. The largest absolute Gasteiger partial charge is 0.476 e. The molecule has 0 bridgehead atoms. The quantitative estimate of drug-likeness (QED) is 0.662. The van der Waals surface area contributed by atoms with E-state index in [2.05, 4.69) is 27.3 Å². The van der Waals surface area contributed by atoms with E-state index in [0.29, 0.717) is 5.56 Å². The van der Waals surface area contributed by atoms with Crippen molar-refractivity contribution in [2.24, 2.45) is 0 Å². The number of carboxylic acid groups (broad SMARTS) is 1. The summed E-state index contributed by atoms with van der Waals surface area (Å²) in [4.78, 5) is 11.1. The van der Waals surface area contributed by atoms with Crippen LogP contribution in [0.15, 0.2) is 53.4 Å². The molecule has 27 heavy (non-hydrogen) atoms. The van der Waals surface area contributed by atoms with E-state index in [1.165, 1.54) is 18.2 Å². The summed E-state index contributed by atoms with van der Waals surface area (Å²) in [6.45, 7) is 0. The number of sulfone groups is 1. The number of aromatic amines is 1. The van der Waals surface area contributed by atoms with Gasteiger partial charge in [0.05, 0.1) is 4.90 Å². The SMILES string of the molecule is CS(=O)(=O)c1ccc(Oc2nn[nH]c2C(=O)O)cc1C#Cc1ccccc1. The molecular weight excluding hydrogens is 370 g/mol. The third kappa shape index (κ3) is 4.31. The lowest BCUT2D eigenvalue weighted by atomic mass is 10.2. The van der Waals surface area contributed by atoms with Crippen LogP contribution in [0.4, 0.5) is 0 Å². The van der Waals surface area contributed by atoms with Gasteiger partial charge in [0.15, 0.2) is 9.84 Å². The lowest BCUT2D eigenvalue weighted by Crippen LogP contribution is -2.02. The molecule has 0 fully saturated rings. The molecule has 0 spiro atoms. The molecule has 1 aromatic heterocycles. The van der Waals surface area contributed by atoms with Crippen molar-refractivity contribution in [3.05, 3.63) is 65.4 Å². The van der Waals surface area contributed by atoms with Crippen molar-refractivity contribution in [3.63, 3.8) is 0 Å². The molecule has 0 radical (unpaired) electrons. The van der Waals surface area contributed by atoms with Crippen LogP contribution in [-0.2, 0) is 9.84 Å². The summed E-state index contributed by atoms with van der Waals surface area (Å²) in [6.07, 6.45) is 1.08. The Bertz CT molecular complexity index is 1160. The molecule has 8 nitrogen and oxygen atoms in total. The Morgan fingerprint density at radius 1 is 1.15 bits per heavy atom. The van der Waals surface area contributed by atoms with Crippen molar-refractivity contribution in [3.8, 4) is 23.5 Å². The molecule has 1 heterocycles. The van der Waals surface area contributed by atoms with E-state index in [9.17, 15) is 13.2 Å². The van der Waals surface area contributed by atoms with Crippen LogP contribution in [0.3, 0.4) is 0 Å². The van der Waals surface area contributed by atoms with Gasteiger partial charge in [0.25, 0.3) is 5.88 Å². The molecule has 0 aliphatic carbocycles. The van der Waals surface area contributed by atoms with E-state index >= 15 is 0 Å². The summed E-state index contributed by atoms with van der Waals surface area (Å²) in [5.41, 5.74) is 0.617. The lowest BCUT2D eigenvalue weighted by molar-refractivity contribution is 0.0687. The van der Waals surface area contributed by atoms with Gasteiger partial charge in [0.2, 0.25) is 5.69 Å². The van der Waals surface area contributed by atoms with Crippen molar-refractivity contribution >= 4 is 15.8 Å². The molecule has 2 aromatic carbocycles. The summed E-state index contributed by atoms with van der Waals surface area (Å²) in [6, 6.07) is 13.2. The van der Waals surface area contributed by atoms with Gasteiger partial charge in [0.1, 0.15) is 5.75 Å². The molecule has 136 valence electrons. The summed E-state index contributed by atoms with van der Waals surface area (Å²) in [7, 11) is -3.52. The van der Waals surface area contributed by atoms with E-state index in [0.717, 1.165) is 6.26 Å². The Balaban J connectivity index is 2.02. The minimum absolute atomic E-state index is 0.0388. The number of nitrogens with zero attached hydrogens (tertiary/aromatic N) is 2. The van der Waals surface area contributed by atoms with Gasteiger partial charge in [-0.05, 0) is 30.3 Å². The molecule has 0 aliphatic heterocycles. The first kappa shape index (κ1) is 18.2. The van der Waals surface area contributed by atoms with Gasteiger partial charge in [-0.1, -0.05) is 40.4 Å².